The van der Waals surface area contributed by atoms with Gasteiger partial charge in [-0.1, -0.05) is 35.3 Å². The molecule has 1 aliphatic rings. The molecule has 0 unspecified atom stereocenters. The van der Waals surface area contributed by atoms with Crippen molar-refractivity contribution in [2.45, 2.75) is 29.4 Å². The highest BCUT2D eigenvalue weighted by atomic mass is 35.5. The number of thiazole rings is 1. The van der Waals surface area contributed by atoms with Crippen molar-refractivity contribution in [3.05, 3.63) is 69.1 Å². The maximum atomic E-state index is 13.2. The number of methoxy groups -OCH3 is 1. The number of ether oxygens (including phenoxy) is 1. The van der Waals surface area contributed by atoms with Crippen LogP contribution in [0.1, 0.15) is 24.1 Å². The third-order valence-corrected chi connectivity index (χ3v) is 9.14. The number of piperidine rings is 1. The third kappa shape index (κ3) is 5.00. The second-order valence-electron chi connectivity index (χ2n) is 7.45. The van der Waals surface area contributed by atoms with Gasteiger partial charge in [-0.25, -0.2) is 13.4 Å². The molecule has 0 N–H and O–H groups in total. The summed E-state index contributed by atoms with van der Waals surface area (Å²) in [6.45, 7) is 1.28. The predicted molar refractivity (Wildman–Crippen MR) is 127 cm³/mol. The second kappa shape index (κ2) is 9.36. The number of hydrogen-bond donors (Lipinski definition) is 0. The van der Waals surface area contributed by atoms with E-state index < -0.39 is 15.1 Å². The number of aromatic nitrogens is 1. The Labute approximate surface area is 196 Å². The van der Waals surface area contributed by atoms with Crippen molar-refractivity contribution in [3.8, 4) is 5.75 Å². The van der Waals surface area contributed by atoms with Crippen molar-refractivity contribution < 1.29 is 13.2 Å². The van der Waals surface area contributed by atoms with E-state index in [9.17, 15) is 8.42 Å². The van der Waals surface area contributed by atoms with E-state index in [2.05, 4.69) is 10.3 Å². The zero-order valence-electron chi connectivity index (χ0n) is 16.9. The molecule has 164 valence electrons. The first-order valence-electron chi connectivity index (χ1n) is 9.88. The van der Waals surface area contributed by atoms with Gasteiger partial charge in [-0.2, -0.15) is 0 Å². The standard InChI is InChI=1S/C22H22Cl2N2O3S2/c1-29-20-7-6-17(24)13-21(20)31(27,28)19-8-10-26(11-9-19)22-25-18(14-30-22)12-15-2-4-16(23)5-3-15/h2-7,13-14,19H,8-12H2,1H3. The van der Waals surface area contributed by atoms with Crippen LogP contribution < -0.4 is 9.64 Å². The highest BCUT2D eigenvalue weighted by Crippen LogP contribution is 2.34. The smallest absolute Gasteiger partial charge is 0.185 e. The molecule has 1 fully saturated rings. The summed E-state index contributed by atoms with van der Waals surface area (Å²) in [5.41, 5.74) is 2.15. The highest BCUT2D eigenvalue weighted by Gasteiger charge is 2.34. The van der Waals surface area contributed by atoms with Crippen LogP contribution in [-0.2, 0) is 16.3 Å². The van der Waals surface area contributed by atoms with Crippen molar-refractivity contribution in [2.75, 3.05) is 25.1 Å². The van der Waals surface area contributed by atoms with E-state index in [1.807, 2.05) is 24.3 Å². The number of sulfone groups is 1. The number of halogens is 2. The van der Waals surface area contributed by atoms with Gasteiger partial charge < -0.3 is 9.64 Å². The molecule has 4 rings (SSSR count). The van der Waals surface area contributed by atoms with Crippen LogP contribution in [0.5, 0.6) is 5.75 Å². The van der Waals surface area contributed by atoms with Crippen LogP contribution >= 0.6 is 34.5 Å². The quantitative estimate of drug-likeness (QED) is 0.451. The summed E-state index contributed by atoms with van der Waals surface area (Å²) in [6.07, 6.45) is 1.81. The Morgan fingerprint density at radius 3 is 2.45 bits per heavy atom. The summed E-state index contributed by atoms with van der Waals surface area (Å²) in [7, 11) is -2.07. The van der Waals surface area contributed by atoms with Crippen molar-refractivity contribution in [2.24, 2.45) is 0 Å². The SMILES string of the molecule is COc1ccc(Cl)cc1S(=O)(=O)C1CCN(c2nc(Cc3ccc(Cl)cc3)cs2)CC1. The molecule has 1 aromatic heterocycles. The van der Waals surface area contributed by atoms with Crippen molar-refractivity contribution in [3.63, 3.8) is 0 Å². The number of anilines is 1. The van der Waals surface area contributed by atoms with Gasteiger partial charge in [0.15, 0.2) is 15.0 Å². The Hall–Kier alpha value is -1.80. The number of benzene rings is 2. The van der Waals surface area contributed by atoms with Crippen LogP contribution in [0.25, 0.3) is 0 Å². The van der Waals surface area contributed by atoms with Crippen LogP contribution in [0.3, 0.4) is 0 Å². The van der Waals surface area contributed by atoms with Gasteiger partial charge in [0.2, 0.25) is 0 Å². The minimum absolute atomic E-state index is 0.167. The summed E-state index contributed by atoms with van der Waals surface area (Å²) in [5, 5.41) is 3.62. The molecule has 31 heavy (non-hydrogen) atoms. The molecule has 0 spiro atoms. The van der Waals surface area contributed by atoms with Gasteiger partial charge in [-0.05, 0) is 48.7 Å². The van der Waals surface area contributed by atoms with E-state index in [0.717, 1.165) is 27.8 Å². The Morgan fingerprint density at radius 1 is 1.10 bits per heavy atom. The first-order valence-corrected chi connectivity index (χ1v) is 13.1. The van der Waals surface area contributed by atoms with Crippen LogP contribution in [-0.4, -0.2) is 38.9 Å². The lowest BCUT2D eigenvalue weighted by molar-refractivity contribution is 0.402. The summed E-state index contributed by atoms with van der Waals surface area (Å²) < 4.78 is 31.7. The Bertz CT molecular complexity index is 1160. The Morgan fingerprint density at radius 2 is 1.77 bits per heavy atom. The molecule has 2 heterocycles. The minimum Gasteiger partial charge on any atom is -0.495 e. The van der Waals surface area contributed by atoms with Gasteiger partial charge in [0, 0.05) is 34.9 Å². The second-order valence-corrected chi connectivity index (χ2v) is 11.4. The first kappa shape index (κ1) is 22.4. The van der Waals surface area contributed by atoms with E-state index in [0.29, 0.717) is 36.7 Å². The van der Waals surface area contributed by atoms with E-state index >= 15 is 0 Å². The van der Waals surface area contributed by atoms with Crippen LogP contribution in [0.2, 0.25) is 10.0 Å². The van der Waals surface area contributed by atoms with Gasteiger partial charge >= 0.3 is 0 Å². The fourth-order valence-electron chi connectivity index (χ4n) is 3.74. The molecule has 5 nitrogen and oxygen atoms in total. The largest absolute Gasteiger partial charge is 0.495 e. The first-order chi connectivity index (χ1) is 14.9. The van der Waals surface area contributed by atoms with E-state index in [1.54, 1.807) is 23.5 Å². The molecular weight excluding hydrogens is 475 g/mol. The summed E-state index contributed by atoms with van der Waals surface area (Å²) in [6, 6.07) is 12.5. The molecule has 3 aromatic rings. The molecule has 2 aromatic carbocycles. The molecule has 9 heteroatoms. The Kier molecular flexibility index (Phi) is 6.77. The van der Waals surface area contributed by atoms with Gasteiger partial charge in [0.1, 0.15) is 10.6 Å². The van der Waals surface area contributed by atoms with E-state index in [-0.39, 0.29) is 4.90 Å². The summed E-state index contributed by atoms with van der Waals surface area (Å²) in [5.74, 6) is 0.332. The number of rotatable bonds is 6. The maximum Gasteiger partial charge on any atom is 0.185 e. The molecule has 0 atom stereocenters. The van der Waals surface area contributed by atoms with Crippen LogP contribution in [0.4, 0.5) is 5.13 Å². The number of hydrogen-bond acceptors (Lipinski definition) is 6. The molecule has 0 bridgehead atoms. The molecule has 0 amide bonds. The third-order valence-electron chi connectivity index (χ3n) is 5.42. The summed E-state index contributed by atoms with van der Waals surface area (Å²) >= 11 is 13.6. The van der Waals surface area contributed by atoms with Gasteiger partial charge in [0.05, 0.1) is 18.1 Å². The van der Waals surface area contributed by atoms with Gasteiger partial charge in [-0.15, -0.1) is 11.3 Å². The average Bonchev–Trinajstić information content (AvgIpc) is 3.24. The fraction of sp³-hybridized carbons (Fsp3) is 0.318. The predicted octanol–water partition coefficient (Wildman–Crippen LogP) is 5.49. The van der Waals surface area contributed by atoms with Crippen molar-refractivity contribution in [1.29, 1.82) is 0 Å². The van der Waals surface area contributed by atoms with Gasteiger partial charge in [0.25, 0.3) is 0 Å². The Balaban J connectivity index is 1.42. The minimum atomic E-state index is -3.54. The maximum absolute atomic E-state index is 13.2. The summed E-state index contributed by atoms with van der Waals surface area (Å²) in [4.78, 5) is 7.09. The van der Waals surface area contributed by atoms with Gasteiger partial charge in [-0.3, -0.25) is 0 Å². The van der Waals surface area contributed by atoms with Crippen molar-refractivity contribution in [1.82, 2.24) is 4.98 Å². The lowest BCUT2D eigenvalue weighted by atomic mass is 10.1. The zero-order chi connectivity index (χ0) is 22.0. The van der Waals surface area contributed by atoms with Crippen molar-refractivity contribution >= 4 is 49.5 Å². The van der Waals surface area contributed by atoms with Crippen LogP contribution in [0, 0.1) is 0 Å². The zero-order valence-corrected chi connectivity index (χ0v) is 20.1. The lowest BCUT2D eigenvalue weighted by Gasteiger charge is -2.31. The molecule has 0 aliphatic carbocycles. The fourth-order valence-corrected chi connectivity index (χ4v) is 6.90. The topological polar surface area (TPSA) is 59.5 Å². The highest BCUT2D eigenvalue weighted by molar-refractivity contribution is 7.92. The number of nitrogens with zero attached hydrogens (tertiary/aromatic N) is 2. The molecule has 1 saturated heterocycles. The molecular formula is C22H22Cl2N2O3S2. The molecule has 1 aliphatic heterocycles. The normalized spacial score (nSPS) is 15.3. The van der Waals surface area contributed by atoms with E-state index in [1.165, 1.54) is 13.2 Å². The average molecular weight is 497 g/mol. The van der Waals surface area contributed by atoms with Crippen LogP contribution in [0.15, 0.2) is 52.7 Å². The monoisotopic (exact) mass is 496 g/mol. The van der Waals surface area contributed by atoms with E-state index in [4.69, 9.17) is 32.9 Å². The molecule has 0 radical (unpaired) electrons. The molecule has 0 saturated carbocycles. The lowest BCUT2D eigenvalue weighted by Crippen LogP contribution is -2.39.